The molecule has 0 radical (unpaired) electrons. The van der Waals surface area contributed by atoms with Crippen LogP contribution in [0.2, 0.25) is 0 Å². The number of benzene rings is 3. The Balaban J connectivity index is 1.20. The number of morpholine rings is 1. The standard InChI is InChI=1S/C26H26N6O7S/c1-37-24-5-3-2-4-22(24)28-26(34)18-6-8-19(9-7-18)27-25(33)17-39-32-23-16-20(10-11-21(23)29-30-32)40(35,36)31-12-14-38-15-13-31/h2-11,16H,12-15,17H2,1H3,(H,27,33)(H,28,34). The Hall–Kier alpha value is -4.53. The number of carbonyl (C=O) groups is 2. The van der Waals surface area contributed by atoms with Gasteiger partial charge in [-0.3, -0.25) is 9.59 Å². The zero-order valence-electron chi connectivity index (χ0n) is 21.4. The monoisotopic (exact) mass is 566 g/mol. The quantitative estimate of drug-likeness (QED) is 0.309. The van der Waals surface area contributed by atoms with Crippen LogP contribution in [-0.4, -0.2) is 79.7 Å². The van der Waals surface area contributed by atoms with E-state index in [0.717, 1.165) is 4.85 Å². The van der Waals surface area contributed by atoms with Crippen molar-refractivity contribution in [1.82, 2.24) is 19.5 Å². The average Bonchev–Trinajstić information content (AvgIpc) is 3.39. The van der Waals surface area contributed by atoms with E-state index in [4.69, 9.17) is 14.3 Å². The molecule has 1 fully saturated rings. The molecule has 0 aliphatic carbocycles. The summed E-state index contributed by atoms with van der Waals surface area (Å²) >= 11 is 0. The highest BCUT2D eigenvalue weighted by atomic mass is 32.2. The van der Waals surface area contributed by atoms with Gasteiger partial charge in [-0.25, -0.2) is 8.42 Å². The molecule has 13 nitrogen and oxygen atoms in total. The lowest BCUT2D eigenvalue weighted by atomic mass is 10.2. The van der Waals surface area contributed by atoms with Gasteiger partial charge in [-0.2, -0.15) is 4.31 Å². The summed E-state index contributed by atoms with van der Waals surface area (Å²) in [6.45, 7) is 0.773. The normalized spacial score (nSPS) is 14.0. The number of methoxy groups -OCH3 is 1. The highest BCUT2D eigenvalue weighted by Crippen LogP contribution is 2.24. The minimum atomic E-state index is -3.74. The first-order valence-electron chi connectivity index (χ1n) is 12.3. The van der Waals surface area contributed by atoms with Crippen LogP contribution >= 0.6 is 0 Å². The molecule has 0 bridgehead atoms. The molecule has 1 saturated heterocycles. The van der Waals surface area contributed by atoms with Crippen molar-refractivity contribution < 1.29 is 32.3 Å². The Morgan fingerprint density at radius 2 is 1.75 bits per heavy atom. The van der Waals surface area contributed by atoms with Crippen molar-refractivity contribution in [1.29, 1.82) is 0 Å². The van der Waals surface area contributed by atoms with Gasteiger partial charge in [-0.1, -0.05) is 17.0 Å². The summed E-state index contributed by atoms with van der Waals surface area (Å²) in [5.41, 5.74) is 2.08. The van der Waals surface area contributed by atoms with Crippen LogP contribution < -0.4 is 20.2 Å². The summed E-state index contributed by atoms with van der Waals surface area (Å²) < 4.78 is 37.9. The maximum absolute atomic E-state index is 13.0. The van der Waals surface area contributed by atoms with Crippen molar-refractivity contribution in [3.8, 4) is 5.75 Å². The molecule has 2 heterocycles. The minimum Gasteiger partial charge on any atom is -0.495 e. The van der Waals surface area contributed by atoms with Crippen LogP contribution in [0.3, 0.4) is 0 Å². The number of ether oxygens (including phenoxy) is 2. The third-order valence-corrected chi connectivity index (χ3v) is 7.99. The van der Waals surface area contributed by atoms with Crippen LogP contribution in [0.25, 0.3) is 11.0 Å². The first kappa shape index (κ1) is 27.1. The van der Waals surface area contributed by atoms with E-state index in [1.807, 2.05) is 0 Å². The number of carbonyl (C=O) groups excluding carboxylic acids is 2. The van der Waals surface area contributed by atoms with Gasteiger partial charge in [-0.05, 0) is 59.8 Å². The van der Waals surface area contributed by atoms with Crippen molar-refractivity contribution in [3.05, 3.63) is 72.3 Å². The van der Waals surface area contributed by atoms with Crippen molar-refractivity contribution in [2.24, 2.45) is 0 Å². The molecule has 0 unspecified atom stereocenters. The second-order valence-corrected chi connectivity index (χ2v) is 10.6. The third kappa shape index (κ3) is 5.88. The van der Waals surface area contributed by atoms with Crippen molar-refractivity contribution in [2.75, 3.05) is 50.7 Å². The number of aromatic nitrogens is 3. The Bertz CT molecular complexity index is 1630. The van der Waals surface area contributed by atoms with Gasteiger partial charge in [0, 0.05) is 24.3 Å². The molecule has 208 valence electrons. The van der Waals surface area contributed by atoms with E-state index in [9.17, 15) is 18.0 Å². The van der Waals surface area contributed by atoms with E-state index in [2.05, 4.69) is 20.9 Å². The molecule has 0 atom stereocenters. The number of hydrogen-bond donors (Lipinski definition) is 2. The van der Waals surface area contributed by atoms with Gasteiger partial charge < -0.3 is 24.9 Å². The summed E-state index contributed by atoms with van der Waals surface area (Å²) in [6.07, 6.45) is 0. The van der Waals surface area contributed by atoms with Crippen LogP contribution in [0.4, 0.5) is 11.4 Å². The van der Waals surface area contributed by atoms with Gasteiger partial charge in [0.05, 0.1) is 30.9 Å². The SMILES string of the molecule is COc1ccccc1NC(=O)c1ccc(NC(=O)COn2nnc3ccc(S(=O)(=O)N4CCOCC4)cc32)cc1. The van der Waals surface area contributed by atoms with Gasteiger partial charge in [-0.15, -0.1) is 5.10 Å². The third-order valence-electron chi connectivity index (χ3n) is 6.10. The number of anilines is 2. The fraction of sp³-hybridized carbons (Fsp3) is 0.231. The van der Waals surface area contributed by atoms with Gasteiger partial charge in [0.15, 0.2) is 6.61 Å². The number of nitrogens with zero attached hydrogens (tertiary/aromatic N) is 4. The number of fused-ring (bicyclic) bond motifs is 1. The highest BCUT2D eigenvalue weighted by Gasteiger charge is 2.27. The smallest absolute Gasteiger partial charge is 0.265 e. The molecule has 0 saturated carbocycles. The van der Waals surface area contributed by atoms with E-state index in [0.29, 0.717) is 46.9 Å². The van der Waals surface area contributed by atoms with Crippen molar-refractivity contribution in [2.45, 2.75) is 4.90 Å². The van der Waals surface area contributed by atoms with E-state index >= 15 is 0 Å². The second kappa shape index (κ2) is 11.7. The summed E-state index contributed by atoms with van der Waals surface area (Å²) in [7, 11) is -2.22. The average molecular weight is 567 g/mol. The number of hydrogen-bond acceptors (Lipinski definition) is 9. The number of nitrogens with one attached hydrogen (secondary N) is 2. The van der Waals surface area contributed by atoms with E-state index in [1.54, 1.807) is 48.5 Å². The first-order chi connectivity index (χ1) is 19.3. The number of para-hydroxylation sites is 2. The Morgan fingerprint density at radius 1 is 1.00 bits per heavy atom. The molecule has 14 heteroatoms. The molecular formula is C26H26N6O7S. The second-order valence-electron chi connectivity index (χ2n) is 8.68. The summed E-state index contributed by atoms with van der Waals surface area (Å²) in [5, 5.41) is 13.3. The topological polar surface area (TPSA) is 154 Å². The number of amides is 2. The van der Waals surface area contributed by atoms with Crippen molar-refractivity contribution in [3.63, 3.8) is 0 Å². The van der Waals surface area contributed by atoms with Gasteiger partial charge in [0.1, 0.15) is 16.8 Å². The van der Waals surface area contributed by atoms with Crippen LogP contribution in [0.1, 0.15) is 10.4 Å². The van der Waals surface area contributed by atoms with E-state index < -0.39 is 22.5 Å². The molecule has 5 rings (SSSR count). The Kier molecular flexibility index (Phi) is 7.91. The van der Waals surface area contributed by atoms with Crippen LogP contribution in [0, 0.1) is 0 Å². The lowest BCUT2D eigenvalue weighted by Crippen LogP contribution is -2.40. The first-order valence-corrected chi connectivity index (χ1v) is 13.7. The molecule has 1 aromatic heterocycles. The van der Waals surface area contributed by atoms with E-state index in [-0.39, 0.29) is 23.9 Å². The molecule has 1 aliphatic rings. The van der Waals surface area contributed by atoms with Gasteiger partial charge in [0.25, 0.3) is 11.8 Å². The zero-order chi connectivity index (χ0) is 28.1. The minimum absolute atomic E-state index is 0.0633. The van der Waals surface area contributed by atoms with Gasteiger partial charge in [0.2, 0.25) is 10.0 Å². The maximum Gasteiger partial charge on any atom is 0.265 e. The molecule has 0 spiro atoms. The van der Waals surface area contributed by atoms with Crippen LogP contribution in [-0.2, 0) is 19.6 Å². The molecular weight excluding hydrogens is 540 g/mol. The summed E-state index contributed by atoms with van der Waals surface area (Å²) in [4.78, 5) is 31.7. The fourth-order valence-electron chi connectivity index (χ4n) is 4.03. The maximum atomic E-state index is 13.0. The predicted octanol–water partition coefficient (Wildman–Crippen LogP) is 1.78. The number of sulfonamides is 1. The zero-order valence-corrected chi connectivity index (χ0v) is 22.3. The number of rotatable bonds is 9. The lowest BCUT2D eigenvalue weighted by Gasteiger charge is -2.26. The van der Waals surface area contributed by atoms with Gasteiger partial charge >= 0.3 is 0 Å². The molecule has 40 heavy (non-hydrogen) atoms. The largest absolute Gasteiger partial charge is 0.495 e. The van der Waals surface area contributed by atoms with Crippen molar-refractivity contribution >= 4 is 44.2 Å². The Morgan fingerprint density at radius 3 is 2.50 bits per heavy atom. The molecule has 1 aliphatic heterocycles. The Labute approximate surface area is 229 Å². The summed E-state index contributed by atoms with van der Waals surface area (Å²) in [5.74, 6) is -0.291. The van der Waals surface area contributed by atoms with Crippen LogP contribution in [0.15, 0.2) is 71.6 Å². The lowest BCUT2D eigenvalue weighted by molar-refractivity contribution is -0.121. The molecule has 4 aromatic rings. The fourth-order valence-corrected chi connectivity index (χ4v) is 5.46. The molecule has 2 amide bonds. The molecule has 3 aromatic carbocycles. The molecule has 2 N–H and O–H groups in total. The van der Waals surface area contributed by atoms with E-state index in [1.165, 1.54) is 29.6 Å². The van der Waals surface area contributed by atoms with Crippen LogP contribution in [0.5, 0.6) is 5.75 Å². The predicted molar refractivity (Wildman–Crippen MR) is 145 cm³/mol. The highest BCUT2D eigenvalue weighted by molar-refractivity contribution is 7.89. The summed E-state index contributed by atoms with van der Waals surface area (Å²) in [6, 6.07) is 17.8.